The SMILES string of the molecule is CC(=O)N1C=Cc2ccccc2[C@@H]1CC(=O)NCCSc1ccc(C)c(C)c1. The van der Waals surface area contributed by atoms with E-state index in [0.29, 0.717) is 6.54 Å². The van der Waals surface area contributed by atoms with Crippen LogP contribution in [0.4, 0.5) is 0 Å². The highest BCUT2D eigenvalue weighted by atomic mass is 32.2. The molecule has 0 saturated heterocycles. The normalized spacial score (nSPS) is 15.2. The van der Waals surface area contributed by atoms with Gasteiger partial charge in [-0.2, -0.15) is 0 Å². The Balaban J connectivity index is 1.55. The summed E-state index contributed by atoms with van der Waals surface area (Å²) in [5.74, 6) is 0.710. The van der Waals surface area contributed by atoms with E-state index in [-0.39, 0.29) is 24.3 Å². The lowest BCUT2D eigenvalue weighted by Gasteiger charge is -2.32. The molecule has 0 saturated carbocycles. The Hall–Kier alpha value is -2.53. The van der Waals surface area contributed by atoms with Crippen molar-refractivity contribution in [1.29, 1.82) is 0 Å². The highest BCUT2D eigenvalue weighted by Gasteiger charge is 2.27. The van der Waals surface area contributed by atoms with Crippen molar-refractivity contribution in [3.8, 4) is 0 Å². The lowest BCUT2D eigenvalue weighted by atomic mass is 9.93. The van der Waals surface area contributed by atoms with E-state index in [9.17, 15) is 9.59 Å². The van der Waals surface area contributed by atoms with Gasteiger partial charge in [0.15, 0.2) is 0 Å². The highest BCUT2D eigenvalue weighted by molar-refractivity contribution is 7.99. The van der Waals surface area contributed by atoms with Crippen LogP contribution < -0.4 is 5.32 Å². The maximum absolute atomic E-state index is 12.5. The number of rotatable bonds is 6. The van der Waals surface area contributed by atoms with Crippen LogP contribution in [0, 0.1) is 13.8 Å². The van der Waals surface area contributed by atoms with Crippen molar-refractivity contribution < 1.29 is 9.59 Å². The molecule has 1 aliphatic heterocycles. The fourth-order valence-electron chi connectivity index (χ4n) is 3.32. The predicted molar refractivity (Wildman–Crippen MR) is 115 cm³/mol. The van der Waals surface area contributed by atoms with Gasteiger partial charge in [0.1, 0.15) is 0 Å². The zero-order chi connectivity index (χ0) is 20.1. The standard InChI is InChI=1S/C23H26N2O2S/c1-16-8-9-20(14-17(16)2)28-13-11-24-23(27)15-22-21-7-5-4-6-19(21)10-12-25(22)18(3)26/h4-10,12,14,22H,11,13,15H2,1-3H3,(H,24,27)/t22-/m0/s1. The van der Waals surface area contributed by atoms with E-state index >= 15 is 0 Å². The Bertz CT molecular complexity index is 907. The van der Waals surface area contributed by atoms with E-state index in [0.717, 1.165) is 16.9 Å². The Labute approximate surface area is 171 Å². The number of carbonyl (C=O) groups is 2. The first kappa shape index (κ1) is 20.2. The number of nitrogens with zero attached hydrogens (tertiary/aromatic N) is 1. The minimum Gasteiger partial charge on any atom is -0.355 e. The minimum absolute atomic E-state index is 0.0398. The molecule has 1 heterocycles. The van der Waals surface area contributed by atoms with Crippen molar-refractivity contribution in [1.82, 2.24) is 10.2 Å². The summed E-state index contributed by atoms with van der Waals surface area (Å²) in [5.41, 5.74) is 4.64. The summed E-state index contributed by atoms with van der Waals surface area (Å²) in [6.45, 7) is 6.34. The molecule has 0 aliphatic carbocycles. The third kappa shape index (κ3) is 4.84. The molecule has 28 heavy (non-hydrogen) atoms. The molecule has 0 unspecified atom stereocenters. The third-order valence-electron chi connectivity index (χ3n) is 5.02. The molecule has 2 amide bonds. The van der Waals surface area contributed by atoms with Gasteiger partial charge in [-0.3, -0.25) is 9.59 Å². The van der Waals surface area contributed by atoms with E-state index in [1.54, 1.807) is 22.9 Å². The number of hydrogen-bond donors (Lipinski definition) is 1. The molecule has 0 aromatic heterocycles. The summed E-state index contributed by atoms with van der Waals surface area (Å²) in [4.78, 5) is 27.4. The average Bonchev–Trinajstić information content (AvgIpc) is 2.68. The monoisotopic (exact) mass is 394 g/mol. The van der Waals surface area contributed by atoms with Gasteiger partial charge in [0.05, 0.1) is 12.5 Å². The zero-order valence-corrected chi connectivity index (χ0v) is 17.4. The molecule has 1 aliphatic rings. The summed E-state index contributed by atoms with van der Waals surface area (Å²) in [5, 5.41) is 2.99. The van der Waals surface area contributed by atoms with Crippen LogP contribution in [-0.2, 0) is 9.59 Å². The minimum atomic E-state index is -0.258. The molecular weight excluding hydrogens is 368 g/mol. The van der Waals surface area contributed by atoms with Gasteiger partial charge >= 0.3 is 0 Å². The van der Waals surface area contributed by atoms with Crippen molar-refractivity contribution in [2.45, 2.75) is 38.1 Å². The second-order valence-corrected chi connectivity index (χ2v) is 8.20. The summed E-state index contributed by atoms with van der Waals surface area (Å²) in [6.07, 6.45) is 3.96. The average molecular weight is 395 g/mol. The van der Waals surface area contributed by atoms with E-state index in [1.165, 1.54) is 22.9 Å². The molecule has 0 radical (unpaired) electrons. The van der Waals surface area contributed by atoms with Crippen LogP contribution in [0.3, 0.4) is 0 Å². The molecule has 0 spiro atoms. The molecule has 2 aromatic rings. The van der Waals surface area contributed by atoms with Gasteiger partial charge in [0.25, 0.3) is 0 Å². The number of aryl methyl sites for hydroxylation is 2. The number of amides is 2. The fraction of sp³-hybridized carbons (Fsp3) is 0.304. The van der Waals surface area contributed by atoms with Crippen LogP contribution in [0.1, 0.15) is 41.6 Å². The van der Waals surface area contributed by atoms with Crippen molar-refractivity contribution in [3.05, 3.63) is 70.9 Å². The molecule has 0 bridgehead atoms. The van der Waals surface area contributed by atoms with Gasteiger partial charge in [-0.05, 0) is 54.3 Å². The zero-order valence-electron chi connectivity index (χ0n) is 16.6. The van der Waals surface area contributed by atoms with Gasteiger partial charge in [-0.25, -0.2) is 0 Å². The fourth-order valence-corrected chi connectivity index (χ4v) is 4.19. The molecule has 146 valence electrons. The molecule has 1 N–H and O–H groups in total. The van der Waals surface area contributed by atoms with Gasteiger partial charge in [0.2, 0.25) is 11.8 Å². The van der Waals surface area contributed by atoms with E-state index in [4.69, 9.17) is 0 Å². The maximum atomic E-state index is 12.5. The van der Waals surface area contributed by atoms with Crippen molar-refractivity contribution in [2.75, 3.05) is 12.3 Å². The summed E-state index contributed by atoms with van der Waals surface area (Å²) < 4.78 is 0. The lowest BCUT2D eigenvalue weighted by Crippen LogP contribution is -2.35. The summed E-state index contributed by atoms with van der Waals surface area (Å²) >= 11 is 1.73. The highest BCUT2D eigenvalue weighted by Crippen LogP contribution is 2.32. The Morgan fingerprint density at radius 2 is 1.89 bits per heavy atom. The van der Waals surface area contributed by atoms with Crippen molar-refractivity contribution in [3.63, 3.8) is 0 Å². The number of hydrogen-bond acceptors (Lipinski definition) is 3. The molecule has 2 aromatic carbocycles. The van der Waals surface area contributed by atoms with Gasteiger partial charge < -0.3 is 10.2 Å². The predicted octanol–water partition coefficient (Wildman–Crippen LogP) is 4.48. The van der Waals surface area contributed by atoms with Crippen molar-refractivity contribution in [2.24, 2.45) is 0 Å². The Morgan fingerprint density at radius 1 is 1.11 bits per heavy atom. The Kier molecular flexibility index (Phi) is 6.57. The van der Waals surface area contributed by atoms with Crippen LogP contribution in [0.2, 0.25) is 0 Å². The van der Waals surface area contributed by atoms with Crippen LogP contribution in [0.25, 0.3) is 6.08 Å². The van der Waals surface area contributed by atoms with E-state index < -0.39 is 0 Å². The first-order valence-corrected chi connectivity index (χ1v) is 10.5. The number of nitrogens with one attached hydrogen (secondary N) is 1. The van der Waals surface area contributed by atoms with Gasteiger partial charge in [-0.1, -0.05) is 30.3 Å². The smallest absolute Gasteiger partial charge is 0.223 e. The first-order chi connectivity index (χ1) is 13.5. The van der Waals surface area contributed by atoms with E-state index in [2.05, 4.69) is 37.4 Å². The van der Waals surface area contributed by atoms with E-state index in [1.807, 2.05) is 30.3 Å². The molecule has 0 fully saturated rings. The molecular formula is C23H26N2O2S. The number of carbonyl (C=O) groups excluding carboxylic acids is 2. The molecule has 3 rings (SSSR count). The summed E-state index contributed by atoms with van der Waals surface area (Å²) in [6, 6.07) is 14.1. The third-order valence-corrected chi connectivity index (χ3v) is 6.01. The van der Waals surface area contributed by atoms with Gasteiger partial charge in [-0.15, -0.1) is 11.8 Å². The molecule has 1 atom stereocenters. The topological polar surface area (TPSA) is 49.4 Å². The lowest BCUT2D eigenvalue weighted by molar-refractivity contribution is -0.129. The maximum Gasteiger partial charge on any atom is 0.223 e. The molecule has 5 heteroatoms. The molecule has 4 nitrogen and oxygen atoms in total. The van der Waals surface area contributed by atoms with Crippen LogP contribution in [0.15, 0.2) is 53.6 Å². The number of benzene rings is 2. The van der Waals surface area contributed by atoms with Crippen LogP contribution in [0.5, 0.6) is 0 Å². The Morgan fingerprint density at radius 3 is 2.64 bits per heavy atom. The van der Waals surface area contributed by atoms with Crippen LogP contribution >= 0.6 is 11.8 Å². The number of thioether (sulfide) groups is 1. The number of fused-ring (bicyclic) bond motifs is 1. The van der Waals surface area contributed by atoms with Crippen molar-refractivity contribution >= 4 is 29.7 Å². The van der Waals surface area contributed by atoms with Crippen LogP contribution in [-0.4, -0.2) is 29.0 Å². The quantitative estimate of drug-likeness (QED) is 0.581. The second kappa shape index (κ2) is 9.11. The first-order valence-electron chi connectivity index (χ1n) is 9.48. The van der Waals surface area contributed by atoms with Gasteiger partial charge in [0, 0.05) is 30.3 Å². The largest absolute Gasteiger partial charge is 0.355 e. The second-order valence-electron chi connectivity index (χ2n) is 7.04. The summed E-state index contributed by atoms with van der Waals surface area (Å²) in [7, 11) is 0.